The van der Waals surface area contributed by atoms with Gasteiger partial charge >= 0.3 is 6.18 Å². The van der Waals surface area contributed by atoms with Gasteiger partial charge < -0.3 is 9.47 Å². The zero-order valence-corrected chi connectivity index (χ0v) is 10.1. The second-order valence-corrected chi connectivity index (χ2v) is 4.26. The Morgan fingerprint density at radius 3 is 2.89 bits per heavy atom. The molecule has 1 aliphatic heterocycles. The molecule has 0 atom stereocenters. The lowest BCUT2D eigenvalue weighted by atomic mass is 10.0. The van der Waals surface area contributed by atoms with E-state index in [0.717, 1.165) is 17.7 Å². The van der Waals surface area contributed by atoms with Crippen molar-refractivity contribution in [3.05, 3.63) is 29.3 Å². The predicted molar refractivity (Wildman–Crippen MR) is 61.5 cm³/mol. The fraction of sp³-hybridized carbons (Fsp3) is 0.462. The van der Waals surface area contributed by atoms with Crippen molar-refractivity contribution in [1.82, 2.24) is 0 Å². The number of ether oxygens (including phenoxy) is 2. The van der Waals surface area contributed by atoms with Crippen molar-refractivity contribution >= 4 is 5.78 Å². The van der Waals surface area contributed by atoms with Crippen LogP contribution in [0.15, 0.2) is 18.2 Å². The first-order valence-corrected chi connectivity index (χ1v) is 5.89. The fourth-order valence-corrected chi connectivity index (χ4v) is 1.86. The number of carbonyl (C=O) groups is 1. The number of alkyl halides is 3. The molecule has 104 valence electrons. The predicted octanol–water partition coefficient (Wildman–Crippen LogP) is 2.77. The van der Waals surface area contributed by atoms with Crippen molar-refractivity contribution in [2.75, 3.05) is 19.8 Å². The Hall–Kier alpha value is -1.56. The average molecular weight is 274 g/mol. The number of Topliss-reactive ketones (excluding diaryl/α,β-unsaturated/α-hetero) is 1. The summed E-state index contributed by atoms with van der Waals surface area (Å²) in [6, 6.07) is 5.07. The van der Waals surface area contributed by atoms with Gasteiger partial charge in [0.1, 0.15) is 12.4 Å². The number of benzene rings is 1. The number of rotatable bonds is 5. The van der Waals surface area contributed by atoms with Gasteiger partial charge in [-0.15, -0.1) is 0 Å². The Morgan fingerprint density at radius 1 is 1.37 bits per heavy atom. The van der Waals surface area contributed by atoms with Gasteiger partial charge in [-0.05, 0) is 23.8 Å². The second kappa shape index (κ2) is 5.61. The molecule has 0 saturated heterocycles. The molecule has 3 nitrogen and oxygen atoms in total. The number of ketones is 1. The van der Waals surface area contributed by atoms with Crippen LogP contribution in [-0.2, 0) is 11.2 Å². The molecule has 2 rings (SSSR count). The molecule has 0 amide bonds. The van der Waals surface area contributed by atoms with E-state index < -0.39 is 12.8 Å². The van der Waals surface area contributed by atoms with E-state index in [9.17, 15) is 18.0 Å². The van der Waals surface area contributed by atoms with Gasteiger partial charge in [0, 0.05) is 18.4 Å². The molecule has 6 heteroatoms. The summed E-state index contributed by atoms with van der Waals surface area (Å²) in [6.45, 7) is -0.952. The van der Waals surface area contributed by atoms with E-state index in [0.29, 0.717) is 12.2 Å². The van der Waals surface area contributed by atoms with Gasteiger partial charge in [0.25, 0.3) is 0 Å². The van der Waals surface area contributed by atoms with Crippen LogP contribution < -0.4 is 4.74 Å². The van der Waals surface area contributed by atoms with Crippen molar-refractivity contribution < 1.29 is 27.4 Å². The largest absolute Gasteiger partial charge is 0.493 e. The number of carbonyl (C=O) groups excluding carboxylic acids is 1. The first kappa shape index (κ1) is 13.9. The summed E-state index contributed by atoms with van der Waals surface area (Å²) in [4.78, 5) is 11.8. The summed E-state index contributed by atoms with van der Waals surface area (Å²) in [5.41, 5.74) is 1.45. The highest BCUT2D eigenvalue weighted by Gasteiger charge is 2.27. The molecule has 0 radical (unpaired) electrons. The van der Waals surface area contributed by atoms with E-state index in [4.69, 9.17) is 4.74 Å². The second-order valence-electron chi connectivity index (χ2n) is 4.26. The molecule has 0 aromatic heterocycles. The van der Waals surface area contributed by atoms with Crippen LogP contribution in [0.4, 0.5) is 13.2 Å². The molecule has 0 unspecified atom stereocenters. The summed E-state index contributed by atoms with van der Waals surface area (Å²) >= 11 is 0. The highest BCUT2D eigenvalue weighted by Crippen LogP contribution is 2.26. The fourth-order valence-electron chi connectivity index (χ4n) is 1.86. The third-order valence-corrected chi connectivity index (χ3v) is 2.75. The molecule has 1 aromatic rings. The summed E-state index contributed by atoms with van der Waals surface area (Å²) in [7, 11) is 0. The maximum atomic E-state index is 11.8. The van der Waals surface area contributed by atoms with Gasteiger partial charge in [-0.3, -0.25) is 4.79 Å². The Labute approximate surface area is 108 Å². The van der Waals surface area contributed by atoms with E-state index in [1.165, 1.54) is 0 Å². The molecule has 0 saturated carbocycles. The minimum Gasteiger partial charge on any atom is -0.493 e. The lowest BCUT2D eigenvalue weighted by Crippen LogP contribution is -2.18. The molecule has 0 N–H and O–H groups in total. The molecule has 1 heterocycles. The topological polar surface area (TPSA) is 35.5 Å². The quantitative estimate of drug-likeness (QED) is 0.612. The zero-order chi connectivity index (χ0) is 13.9. The Morgan fingerprint density at radius 2 is 2.16 bits per heavy atom. The third-order valence-electron chi connectivity index (χ3n) is 2.75. The van der Waals surface area contributed by atoms with Crippen molar-refractivity contribution in [2.24, 2.45) is 0 Å². The van der Waals surface area contributed by atoms with Gasteiger partial charge in [-0.2, -0.15) is 13.2 Å². The lowest BCUT2D eigenvalue weighted by Gasteiger charge is -2.07. The summed E-state index contributed by atoms with van der Waals surface area (Å²) in [5.74, 6) is 0.543. The molecule has 0 aliphatic carbocycles. The van der Waals surface area contributed by atoms with Crippen LogP contribution in [0.25, 0.3) is 0 Å². The van der Waals surface area contributed by atoms with E-state index in [-0.39, 0.29) is 18.8 Å². The van der Waals surface area contributed by atoms with Gasteiger partial charge in [0.2, 0.25) is 0 Å². The van der Waals surface area contributed by atoms with Crippen LogP contribution >= 0.6 is 0 Å². The molecule has 0 spiro atoms. The van der Waals surface area contributed by atoms with Crippen LogP contribution in [0, 0.1) is 0 Å². The maximum absolute atomic E-state index is 11.8. The first-order chi connectivity index (χ1) is 8.96. The van der Waals surface area contributed by atoms with Crippen molar-refractivity contribution in [3.63, 3.8) is 0 Å². The Bertz CT molecular complexity index is 469. The Kier molecular flexibility index (Phi) is 4.09. The minimum absolute atomic E-state index is 0.0598. The van der Waals surface area contributed by atoms with Gasteiger partial charge in [0.05, 0.1) is 13.2 Å². The van der Waals surface area contributed by atoms with Crippen LogP contribution in [0.5, 0.6) is 5.75 Å². The molecule has 0 fully saturated rings. The third kappa shape index (κ3) is 3.96. The highest BCUT2D eigenvalue weighted by molar-refractivity contribution is 5.96. The number of hydrogen-bond donors (Lipinski definition) is 0. The summed E-state index contributed by atoms with van der Waals surface area (Å²) in [5, 5.41) is 0. The first-order valence-electron chi connectivity index (χ1n) is 5.89. The molecule has 1 aromatic carbocycles. The zero-order valence-electron chi connectivity index (χ0n) is 10.1. The van der Waals surface area contributed by atoms with E-state index >= 15 is 0 Å². The Balaban J connectivity index is 1.83. The maximum Gasteiger partial charge on any atom is 0.411 e. The molecular weight excluding hydrogens is 261 g/mol. The molecule has 0 bridgehead atoms. The van der Waals surface area contributed by atoms with E-state index in [1.54, 1.807) is 18.2 Å². The summed E-state index contributed by atoms with van der Waals surface area (Å²) < 4.78 is 45.2. The van der Waals surface area contributed by atoms with Gasteiger partial charge in [-0.1, -0.05) is 0 Å². The average Bonchev–Trinajstić information content (AvgIpc) is 2.80. The van der Waals surface area contributed by atoms with Crippen LogP contribution in [0.1, 0.15) is 22.3 Å². The van der Waals surface area contributed by atoms with Crippen molar-refractivity contribution in [1.29, 1.82) is 0 Å². The van der Waals surface area contributed by atoms with Crippen molar-refractivity contribution in [2.45, 2.75) is 19.0 Å². The van der Waals surface area contributed by atoms with E-state index in [1.807, 2.05) is 0 Å². The standard InChI is InChI=1S/C13H13F3O3/c14-13(15,16)8-18-5-4-11(17)9-1-2-12-10(7-9)3-6-19-12/h1-2,7H,3-6,8H2. The molecule has 1 aliphatic rings. The minimum atomic E-state index is -4.35. The van der Waals surface area contributed by atoms with E-state index in [2.05, 4.69) is 4.74 Å². The van der Waals surface area contributed by atoms with Crippen LogP contribution in [0.2, 0.25) is 0 Å². The normalized spacial score (nSPS) is 14.1. The number of hydrogen-bond acceptors (Lipinski definition) is 3. The lowest BCUT2D eigenvalue weighted by molar-refractivity contribution is -0.173. The van der Waals surface area contributed by atoms with Gasteiger partial charge in [-0.25, -0.2) is 0 Å². The summed E-state index contributed by atoms with van der Waals surface area (Å²) in [6.07, 6.45) is -3.66. The highest BCUT2D eigenvalue weighted by atomic mass is 19.4. The van der Waals surface area contributed by atoms with Crippen LogP contribution in [0.3, 0.4) is 0 Å². The number of fused-ring (bicyclic) bond motifs is 1. The van der Waals surface area contributed by atoms with Gasteiger partial charge in [0.15, 0.2) is 5.78 Å². The van der Waals surface area contributed by atoms with Crippen LogP contribution in [-0.4, -0.2) is 31.8 Å². The monoisotopic (exact) mass is 274 g/mol. The molecule has 19 heavy (non-hydrogen) atoms. The molecular formula is C13H13F3O3. The smallest absolute Gasteiger partial charge is 0.411 e. The SMILES string of the molecule is O=C(CCOCC(F)(F)F)c1ccc2c(c1)CCO2. The number of halogens is 3. The van der Waals surface area contributed by atoms with Crippen molar-refractivity contribution in [3.8, 4) is 5.75 Å².